The number of thiophene rings is 2. The minimum Gasteiger partial charge on any atom is -0.485 e. The lowest BCUT2D eigenvalue weighted by atomic mass is 10.0. The second kappa shape index (κ2) is 6.00. The van der Waals surface area contributed by atoms with Crippen LogP contribution in [0.2, 0.25) is 0 Å². The number of nitrogens with two attached hydrogens (primary N) is 2. The third-order valence-corrected chi connectivity index (χ3v) is 6.32. The molecule has 0 fully saturated rings. The van der Waals surface area contributed by atoms with Gasteiger partial charge in [0.2, 0.25) is 0 Å². The summed E-state index contributed by atoms with van der Waals surface area (Å²) in [4.78, 5) is 1.87. The molecule has 0 unspecified atom stereocenters. The summed E-state index contributed by atoms with van der Waals surface area (Å²) in [6.45, 7) is 2.18. The van der Waals surface area contributed by atoms with Crippen molar-refractivity contribution >= 4 is 34.0 Å². The first kappa shape index (κ1) is 15.7. The number of anilines is 2. The van der Waals surface area contributed by atoms with E-state index in [2.05, 4.69) is 0 Å². The van der Waals surface area contributed by atoms with Gasteiger partial charge in [0.15, 0.2) is 23.0 Å². The maximum atomic E-state index is 6.41. The number of nitrogen functional groups attached to an aromatic ring is 2. The van der Waals surface area contributed by atoms with Crippen LogP contribution in [0, 0.1) is 0 Å². The predicted octanol–water partition coefficient (Wildman–Crippen LogP) is 3.85. The van der Waals surface area contributed by atoms with Crippen LogP contribution in [0.4, 0.5) is 11.4 Å². The van der Waals surface area contributed by atoms with Gasteiger partial charge in [0.1, 0.15) is 26.4 Å². The molecule has 2 aliphatic rings. The van der Waals surface area contributed by atoms with Crippen LogP contribution in [0.15, 0.2) is 22.9 Å². The Bertz CT molecular complexity index is 916. The van der Waals surface area contributed by atoms with Crippen molar-refractivity contribution in [2.45, 2.75) is 0 Å². The van der Waals surface area contributed by atoms with Crippen molar-refractivity contribution in [2.75, 3.05) is 37.9 Å². The van der Waals surface area contributed by atoms with Crippen LogP contribution in [0.3, 0.4) is 0 Å². The Morgan fingerprint density at radius 2 is 1.08 bits per heavy atom. The number of hydrogen-bond donors (Lipinski definition) is 2. The van der Waals surface area contributed by atoms with E-state index in [9.17, 15) is 0 Å². The van der Waals surface area contributed by atoms with E-state index in [1.807, 2.05) is 22.9 Å². The fraction of sp³-hybridized carbons (Fsp3) is 0.222. The van der Waals surface area contributed by atoms with Crippen LogP contribution in [-0.2, 0) is 0 Å². The Kier molecular flexibility index (Phi) is 3.61. The Morgan fingerprint density at radius 3 is 1.54 bits per heavy atom. The molecule has 4 N–H and O–H groups in total. The van der Waals surface area contributed by atoms with E-state index < -0.39 is 0 Å². The van der Waals surface area contributed by atoms with Gasteiger partial charge < -0.3 is 30.4 Å². The highest BCUT2D eigenvalue weighted by Crippen LogP contribution is 2.52. The Balaban J connectivity index is 1.60. The van der Waals surface area contributed by atoms with Gasteiger partial charge in [0.25, 0.3) is 0 Å². The molecule has 3 aromatic rings. The summed E-state index contributed by atoms with van der Waals surface area (Å²) in [5, 5.41) is 3.88. The van der Waals surface area contributed by atoms with Gasteiger partial charge in [-0.1, -0.05) is 12.1 Å². The molecular formula is C18H16N2O4S2. The van der Waals surface area contributed by atoms with Crippen molar-refractivity contribution in [1.29, 1.82) is 0 Å². The van der Waals surface area contributed by atoms with Gasteiger partial charge in [-0.15, -0.1) is 22.7 Å². The van der Waals surface area contributed by atoms with Gasteiger partial charge in [0.05, 0.1) is 21.1 Å². The van der Waals surface area contributed by atoms with Crippen LogP contribution in [0.25, 0.3) is 20.9 Å². The minimum absolute atomic E-state index is 0.528. The topological polar surface area (TPSA) is 89.0 Å². The zero-order chi connectivity index (χ0) is 17.7. The molecule has 0 aliphatic carbocycles. The molecule has 0 spiro atoms. The van der Waals surface area contributed by atoms with Gasteiger partial charge >= 0.3 is 0 Å². The Morgan fingerprint density at radius 1 is 0.654 bits per heavy atom. The molecule has 5 rings (SSSR count). The molecule has 2 aromatic heterocycles. The smallest absolute Gasteiger partial charge is 0.180 e. The summed E-state index contributed by atoms with van der Waals surface area (Å²) < 4.78 is 22.8. The van der Waals surface area contributed by atoms with E-state index >= 15 is 0 Å². The van der Waals surface area contributed by atoms with Crippen LogP contribution >= 0.6 is 22.7 Å². The second-order valence-corrected chi connectivity index (χ2v) is 7.66. The monoisotopic (exact) mass is 388 g/mol. The van der Waals surface area contributed by atoms with Crippen molar-refractivity contribution in [3.8, 4) is 43.9 Å². The lowest BCUT2D eigenvalue weighted by Gasteiger charge is -2.19. The zero-order valence-corrected chi connectivity index (χ0v) is 15.4. The molecule has 0 saturated heterocycles. The van der Waals surface area contributed by atoms with Crippen LogP contribution in [0.1, 0.15) is 0 Å². The maximum absolute atomic E-state index is 6.41. The molecule has 0 amide bonds. The number of fused-ring (bicyclic) bond motifs is 2. The molecule has 1 aromatic carbocycles. The predicted molar refractivity (Wildman–Crippen MR) is 104 cm³/mol. The molecule has 0 atom stereocenters. The first-order valence-corrected chi connectivity index (χ1v) is 9.93. The average Bonchev–Trinajstić information content (AvgIpc) is 3.28. The molecule has 2 aliphatic heterocycles. The number of ether oxygens (including phenoxy) is 4. The van der Waals surface area contributed by atoms with E-state index in [1.165, 1.54) is 22.7 Å². The largest absolute Gasteiger partial charge is 0.485 e. The summed E-state index contributed by atoms with van der Waals surface area (Å²) in [5.41, 5.74) is 15.6. The van der Waals surface area contributed by atoms with Gasteiger partial charge in [0, 0.05) is 21.9 Å². The maximum Gasteiger partial charge on any atom is 0.180 e. The molecule has 4 heterocycles. The molecule has 0 radical (unpaired) electrons. The Labute approximate surface area is 157 Å². The lowest BCUT2D eigenvalue weighted by molar-refractivity contribution is 0.174. The second-order valence-electron chi connectivity index (χ2n) is 5.90. The lowest BCUT2D eigenvalue weighted by Crippen LogP contribution is -2.14. The van der Waals surface area contributed by atoms with E-state index in [-0.39, 0.29) is 0 Å². The highest BCUT2D eigenvalue weighted by Gasteiger charge is 2.25. The first-order valence-electron chi connectivity index (χ1n) is 8.17. The third kappa shape index (κ3) is 2.29. The fourth-order valence-corrected chi connectivity index (χ4v) is 5.07. The SMILES string of the molecule is Nc1c(-c2scc3c2OCCO3)ccc(-c2scc3c2OCCO3)c1N. The highest BCUT2D eigenvalue weighted by atomic mass is 32.1. The van der Waals surface area contributed by atoms with E-state index in [4.69, 9.17) is 30.4 Å². The first-order chi connectivity index (χ1) is 12.7. The number of benzene rings is 1. The number of rotatable bonds is 2. The van der Waals surface area contributed by atoms with Gasteiger partial charge in [-0.2, -0.15) is 0 Å². The van der Waals surface area contributed by atoms with Crippen molar-refractivity contribution in [1.82, 2.24) is 0 Å². The van der Waals surface area contributed by atoms with Crippen molar-refractivity contribution in [2.24, 2.45) is 0 Å². The van der Waals surface area contributed by atoms with Crippen molar-refractivity contribution in [3.05, 3.63) is 22.9 Å². The Hall–Kier alpha value is -2.58. The van der Waals surface area contributed by atoms with Crippen molar-refractivity contribution in [3.63, 3.8) is 0 Å². The molecule has 26 heavy (non-hydrogen) atoms. The highest BCUT2D eigenvalue weighted by molar-refractivity contribution is 7.14. The standard InChI is InChI=1S/C18H16N2O4S2/c19-13-9(17-15-11(7-25-17)21-3-5-23-15)1-2-10(14(13)20)18-16-12(8-26-18)22-4-6-24-16/h1-2,7-8H,3-6,19-20H2. The molecule has 6 nitrogen and oxygen atoms in total. The van der Waals surface area contributed by atoms with Gasteiger partial charge in [-0.05, 0) is 0 Å². The molecule has 134 valence electrons. The third-order valence-electron chi connectivity index (χ3n) is 4.38. The van der Waals surface area contributed by atoms with E-state index in [0.717, 1.165) is 43.9 Å². The van der Waals surface area contributed by atoms with Gasteiger partial charge in [-0.3, -0.25) is 0 Å². The molecular weight excluding hydrogens is 372 g/mol. The van der Waals surface area contributed by atoms with Crippen LogP contribution in [0.5, 0.6) is 23.0 Å². The van der Waals surface area contributed by atoms with Crippen molar-refractivity contribution < 1.29 is 18.9 Å². The fourth-order valence-electron chi connectivity index (χ4n) is 3.13. The normalized spacial score (nSPS) is 15.1. The number of hydrogen-bond acceptors (Lipinski definition) is 8. The van der Waals surface area contributed by atoms with Crippen LogP contribution in [-0.4, -0.2) is 26.4 Å². The minimum atomic E-state index is 0.528. The summed E-state index contributed by atoms with van der Waals surface area (Å²) in [7, 11) is 0. The van der Waals surface area contributed by atoms with Gasteiger partial charge in [-0.25, -0.2) is 0 Å². The molecule has 0 bridgehead atoms. The van der Waals surface area contributed by atoms with E-state index in [0.29, 0.717) is 37.8 Å². The summed E-state index contributed by atoms with van der Waals surface area (Å²) in [5.74, 6) is 3.00. The average molecular weight is 388 g/mol. The molecule has 8 heteroatoms. The quantitative estimate of drug-likeness (QED) is 0.648. The van der Waals surface area contributed by atoms with E-state index in [1.54, 1.807) is 0 Å². The summed E-state index contributed by atoms with van der Waals surface area (Å²) >= 11 is 3.08. The zero-order valence-electron chi connectivity index (χ0n) is 13.7. The summed E-state index contributed by atoms with van der Waals surface area (Å²) in [6, 6.07) is 3.95. The molecule has 0 saturated carbocycles. The summed E-state index contributed by atoms with van der Waals surface area (Å²) in [6.07, 6.45) is 0. The van der Waals surface area contributed by atoms with Crippen LogP contribution < -0.4 is 30.4 Å².